The van der Waals surface area contributed by atoms with Crippen LogP contribution in [-0.2, 0) is 5.75 Å². The molecule has 1 aromatic heterocycles. The van der Waals surface area contributed by atoms with Crippen LogP contribution in [0.25, 0.3) is 0 Å². The number of thioether (sulfide) groups is 1. The number of amides is 1. The van der Waals surface area contributed by atoms with Crippen LogP contribution in [0.1, 0.15) is 42.9 Å². The Hall–Kier alpha value is -0.940. The first-order chi connectivity index (χ1) is 12.4. The Labute approximate surface area is 173 Å². The topological polar surface area (TPSA) is 33.2 Å². The quantitative estimate of drug-likeness (QED) is 0.419. The molecular weight excluding hydrogens is 411 g/mol. The van der Waals surface area contributed by atoms with Gasteiger partial charge in [0, 0.05) is 22.7 Å². The molecule has 2 atom stereocenters. The smallest absolute Gasteiger partial charge is 0.272 e. The number of carbonyl (C=O) groups excluding carboxylic acids is 1. The van der Waals surface area contributed by atoms with E-state index in [0.29, 0.717) is 26.5 Å². The van der Waals surface area contributed by atoms with Crippen LogP contribution in [-0.4, -0.2) is 27.9 Å². The Bertz CT molecular complexity index is 820. The van der Waals surface area contributed by atoms with E-state index in [1.165, 1.54) is 11.8 Å². The number of carbonyl (C=O) groups is 1. The summed E-state index contributed by atoms with van der Waals surface area (Å²) >= 11 is 19.8. The van der Waals surface area contributed by atoms with Crippen molar-refractivity contribution in [3.63, 3.8) is 0 Å². The van der Waals surface area contributed by atoms with Crippen LogP contribution in [0.3, 0.4) is 0 Å². The highest BCUT2D eigenvalue weighted by molar-refractivity contribution is 7.98. The van der Waals surface area contributed by atoms with Gasteiger partial charge in [-0.15, -0.1) is 11.8 Å². The minimum atomic E-state index is 0.00178. The van der Waals surface area contributed by atoms with Crippen LogP contribution in [0.4, 0.5) is 0 Å². The van der Waals surface area contributed by atoms with E-state index in [2.05, 4.69) is 18.8 Å². The Balaban J connectivity index is 1.74. The molecule has 2 aromatic rings. The number of aromatic nitrogens is 1. The number of nitrogens with zero attached hydrogens (tertiary/aromatic N) is 2. The van der Waals surface area contributed by atoms with Crippen molar-refractivity contribution in [2.45, 2.75) is 49.4 Å². The van der Waals surface area contributed by atoms with Crippen LogP contribution in [0.5, 0.6) is 0 Å². The van der Waals surface area contributed by atoms with Crippen molar-refractivity contribution in [1.29, 1.82) is 0 Å². The summed E-state index contributed by atoms with van der Waals surface area (Å²) in [6, 6.07) is 9.46. The van der Waals surface area contributed by atoms with Gasteiger partial charge in [-0.05, 0) is 51.0 Å². The van der Waals surface area contributed by atoms with Gasteiger partial charge < -0.3 is 4.90 Å². The number of hydrogen-bond donors (Lipinski definition) is 0. The Morgan fingerprint density at radius 1 is 1.12 bits per heavy atom. The zero-order valence-corrected chi connectivity index (χ0v) is 17.6. The summed E-state index contributed by atoms with van der Waals surface area (Å²) in [6.45, 7) is 4.18. The largest absolute Gasteiger partial charge is 0.332 e. The van der Waals surface area contributed by atoms with E-state index in [-0.39, 0.29) is 18.0 Å². The van der Waals surface area contributed by atoms with E-state index in [0.717, 1.165) is 23.4 Å². The fourth-order valence-corrected chi connectivity index (χ4v) is 4.81. The summed E-state index contributed by atoms with van der Waals surface area (Å²) in [4.78, 5) is 20.2. The molecule has 0 spiro atoms. The number of likely N-dealkylation sites (tertiary alicyclic amines) is 1. The van der Waals surface area contributed by atoms with Crippen molar-refractivity contribution >= 4 is 52.5 Å². The summed E-state index contributed by atoms with van der Waals surface area (Å²) in [6.07, 6.45) is 2.08. The molecule has 138 valence electrons. The van der Waals surface area contributed by atoms with Gasteiger partial charge in [0.25, 0.3) is 5.91 Å². The predicted molar refractivity (Wildman–Crippen MR) is 110 cm³/mol. The molecule has 0 aliphatic carbocycles. The molecule has 0 radical (unpaired) electrons. The van der Waals surface area contributed by atoms with Crippen molar-refractivity contribution < 1.29 is 4.79 Å². The molecule has 7 heteroatoms. The lowest BCUT2D eigenvalue weighted by molar-refractivity contribution is 0.0686. The highest BCUT2D eigenvalue weighted by Crippen LogP contribution is 2.36. The fourth-order valence-electron chi connectivity index (χ4n) is 3.17. The zero-order valence-electron chi connectivity index (χ0n) is 14.5. The number of hydrogen-bond acceptors (Lipinski definition) is 3. The van der Waals surface area contributed by atoms with Crippen molar-refractivity contribution in [3.8, 4) is 0 Å². The second kappa shape index (κ2) is 8.39. The van der Waals surface area contributed by atoms with Gasteiger partial charge in [0.1, 0.15) is 5.69 Å². The van der Waals surface area contributed by atoms with E-state index in [4.69, 9.17) is 34.8 Å². The minimum Gasteiger partial charge on any atom is -0.332 e. The van der Waals surface area contributed by atoms with Crippen LogP contribution in [0.2, 0.25) is 15.1 Å². The van der Waals surface area contributed by atoms with Gasteiger partial charge in [0.05, 0.1) is 20.8 Å². The third-order valence-corrected chi connectivity index (χ3v) is 6.80. The molecule has 1 aromatic carbocycles. The van der Waals surface area contributed by atoms with Gasteiger partial charge >= 0.3 is 0 Å². The average molecular weight is 430 g/mol. The molecule has 2 heterocycles. The SMILES string of the molecule is CC1CCC(C)N1C(=O)c1cccc(CSc2cc(Cl)c(Cl)cc2Cl)n1. The second-order valence-corrected chi connectivity index (χ2v) is 8.73. The lowest BCUT2D eigenvalue weighted by atomic mass is 10.2. The molecule has 1 aliphatic heterocycles. The minimum absolute atomic E-state index is 0.00178. The highest BCUT2D eigenvalue weighted by Gasteiger charge is 2.32. The van der Waals surface area contributed by atoms with Gasteiger partial charge in [-0.1, -0.05) is 40.9 Å². The van der Waals surface area contributed by atoms with E-state index >= 15 is 0 Å². The molecule has 0 saturated carbocycles. The standard InChI is InChI=1S/C19H19Cl3N2OS/c1-11-6-7-12(2)24(11)19(25)17-5-3-4-13(23-17)10-26-18-9-15(21)14(20)8-16(18)22/h3-5,8-9,11-12H,6-7,10H2,1-2H3. The van der Waals surface area contributed by atoms with E-state index in [1.54, 1.807) is 18.2 Å². The summed E-state index contributed by atoms with van der Waals surface area (Å²) in [5.41, 5.74) is 1.31. The summed E-state index contributed by atoms with van der Waals surface area (Å²) < 4.78 is 0. The molecule has 1 amide bonds. The van der Waals surface area contributed by atoms with Crippen LogP contribution < -0.4 is 0 Å². The predicted octanol–water partition coefficient (Wildman–Crippen LogP) is 6.35. The first-order valence-electron chi connectivity index (χ1n) is 8.42. The molecule has 26 heavy (non-hydrogen) atoms. The van der Waals surface area contributed by atoms with E-state index < -0.39 is 0 Å². The Morgan fingerprint density at radius 3 is 2.46 bits per heavy atom. The number of rotatable bonds is 4. The van der Waals surface area contributed by atoms with Crippen molar-refractivity contribution in [3.05, 3.63) is 56.8 Å². The number of benzene rings is 1. The summed E-state index contributed by atoms with van der Waals surface area (Å²) in [5, 5.41) is 1.45. The molecule has 3 rings (SSSR count). The van der Waals surface area contributed by atoms with Crippen molar-refractivity contribution in [2.75, 3.05) is 0 Å². The Morgan fingerprint density at radius 2 is 1.77 bits per heavy atom. The lowest BCUT2D eigenvalue weighted by Gasteiger charge is -2.26. The second-order valence-electron chi connectivity index (χ2n) is 6.49. The number of pyridine rings is 1. The third kappa shape index (κ3) is 4.30. The summed E-state index contributed by atoms with van der Waals surface area (Å²) in [5.74, 6) is 0.589. The number of halogens is 3. The molecule has 2 unspecified atom stereocenters. The van der Waals surface area contributed by atoms with E-state index in [1.807, 2.05) is 17.0 Å². The molecular formula is C19H19Cl3N2OS. The third-order valence-electron chi connectivity index (χ3n) is 4.56. The molecule has 3 nitrogen and oxygen atoms in total. The maximum absolute atomic E-state index is 12.8. The van der Waals surface area contributed by atoms with Gasteiger partial charge in [-0.2, -0.15) is 0 Å². The van der Waals surface area contributed by atoms with E-state index in [9.17, 15) is 4.79 Å². The van der Waals surface area contributed by atoms with Crippen LogP contribution >= 0.6 is 46.6 Å². The normalized spacial score (nSPS) is 19.8. The van der Waals surface area contributed by atoms with Gasteiger partial charge in [-0.25, -0.2) is 4.98 Å². The monoisotopic (exact) mass is 428 g/mol. The molecule has 1 aliphatic rings. The molecule has 0 N–H and O–H groups in total. The first kappa shape index (κ1) is 19.8. The zero-order chi connectivity index (χ0) is 18.8. The van der Waals surface area contributed by atoms with Crippen molar-refractivity contribution in [1.82, 2.24) is 9.88 Å². The van der Waals surface area contributed by atoms with Crippen LogP contribution in [0.15, 0.2) is 35.2 Å². The molecule has 1 saturated heterocycles. The van der Waals surface area contributed by atoms with Gasteiger partial charge in [0.2, 0.25) is 0 Å². The first-order valence-corrected chi connectivity index (χ1v) is 10.5. The highest BCUT2D eigenvalue weighted by atomic mass is 35.5. The maximum atomic E-state index is 12.8. The molecule has 1 fully saturated rings. The van der Waals surface area contributed by atoms with Gasteiger partial charge in [0.15, 0.2) is 0 Å². The maximum Gasteiger partial charge on any atom is 0.272 e. The van der Waals surface area contributed by atoms with Crippen LogP contribution in [0, 0.1) is 0 Å². The summed E-state index contributed by atoms with van der Waals surface area (Å²) in [7, 11) is 0. The van der Waals surface area contributed by atoms with Gasteiger partial charge in [-0.3, -0.25) is 4.79 Å². The Kier molecular flexibility index (Phi) is 6.39. The lowest BCUT2D eigenvalue weighted by Crippen LogP contribution is -2.39. The fraction of sp³-hybridized carbons (Fsp3) is 0.368. The molecule has 0 bridgehead atoms. The van der Waals surface area contributed by atoms with Crippen molar-refractivity contribution in [2.24, 2.45) is 0 Å². The average Bonchev–Trinajstić information content (AvgIpc) is 2.95.